The van der Waals surface area contributed by atoms with Crippen LogP contribution in [0.5, 0.6) is 0 Å². The number of benzene rings is 1. The van der Waals surface area contributed by atoms with Gasteiger partial charge in [0, 0.05) is 23.1 Å². The Bertz CT molecular complexity index is 378. The summed E-state index contributed by atoms with van der Waals surface area (Å²) < 4.78 is 6.11. The first-order valence-corrected chi connectivity index (χ1v) is 5.94. The van der Waals surface area contributed by atoms with Crippen LogP contribution in [-0.4, -0.2) is 37.2 Å². The van der Waals surface area contributed by atoms with Crippen molar-refractivity contribution in [1.29, 1.82) is 0 Å². The van der Waals surface area contributed by atoms with Gasteiger partial charge in [0.2, 0.25) is 0 Å². The van der Waals surface area contributed by atoms with Crippen molar-refractivity contribution in [3.63, 3.8) is 0 Å². The lowest BCUT2D eigenvalue weighted by atomic mass is 10.2. The van der Waals surface area contributed by atoms with Crippen molar-refractivity contribution in [1.82, 2.24) is 10.4 Å². The maximum atomic E-state index is 11.9. The molecule has 1 amide bonds. The fourth-order valence-electron chi connectivity index (χ4n) is 1.51. The molecule has 0 spiro atoms. The molecule has 1 aliphatic heterocycles. The predicted molar refractivity (Wildman–Crippen MR) is 64.0 cm³/mol. The van der Waals surface area contributed by atoms with Crippen LogP contribution < -0.4 is 5.43 Å². The van der Waals surface area contributed by atoms with Gasteiger partial charge in [0.05, 0.1) is 13.2 Å². The number of nitrogens with one attached hydrogen (secondary N) is 1. The second-order valence-electron chi connectivity index (χ2n) is 3.55. The number of amides is 1. The molecular formula is C11H13BrN2O2. The fraction of sp³-hybridized carbons (Fsp3) is 0.364. The number of carbonyl (C=O) groups is 1. The molecule has 1 aromatic rings. The Morgan fingerprint density at radius 3 is 2.81 bits per heavy atom. The zero-order valence-corrected chi connectivity index (χ0v) is 10.4. The first kappa shape index (κ1) is 11.6. The number of carbonyl (C=O) groups excluding carboxylic acids is 1. The molecule has 1 saturated heterocycles. The van der Waals surface area contributed by atoms with Gasteiger partial charge in [-0.2, -0.15) is 0 Å². The molecule has 0 aliphatic carbocycles. The van der Waals surface area contributed by atoms with Gasteiger partial charge in [0.1, 0.15) is 0 Å². The van der Waals surface area contributed by atoms with Gasteiger partial charge in [0.15, 0.2) is 0 Å². The zero-order valence-electron chi connectivity index (χ0n) is 8.78. The van der Waals surface area contributed by atoms with Gasteiger partial charge < -0.3 is 4.74 Å². The summed E-state index contributed by atoms with van der Waals surface area (Å²) in [6.45, 7) is 2.80. The summed E-state index contributed by atoms with van der Waals surface area (Å²) in [6, 6.07) is 7.33. The highest BCUT2D eigenvalue weighted by atomic mass is 79.9. The molecular weight excluding hydrogens is 272 g/mol. The quantitative estimate of drug-likeness (QED) is 0.893. The summed E-state index contributed by atoms with van der Waals surface area (Å²) in [7, 11) is 0. The molecule has 1 fully saturated rings. The van der Waals surface area contributed by atoms with Crippen molar-refractivity contribution < 1.29 is 9.53 Å². The van der Waals surface area contributed by atoms with E-state index in [0.717, 1.165) is 17.6 Å². The number of rotatable bonds is 2. The Labute approximate surface area is 103 Å². The molecule has 16 heavy (non-hydrogen) atoms. The molecule has 2 rings (SSSR count). The Balaban J connectivity index is 1.97. The van der Waals surface area contributed by atoms with Crippen LogP contribution in [0, 0.1) is 0 Å². The molecule has 0 bridgehead atoms. The highest BCUT2D eigenvalue weighted by Gasteiger charge is 2.14. The van der Waals surface area contributed by atoms with Crippen molar-refractivity contribution in [2.45, 2.75) is 0 Å². The third kappa shape index (κ3) is 3.04. The number of ether oxygens (including phenoxy) is 1. The van der Waals surface area contributed by atoms with Crippen LogP contribution in [-0.2, 0) is 4.74 Å². The fourth-order valence-corrected chi connectivity index (χ4v) is 1.91. The van der Waals surface area contributed by atoms with Crippen molar-refractivity contribution in [2.75, 3.05) is 26.3 Å². The largest absolute Gasteiger partial charge is 0.379 e. The lowest BCUT2D eigenvalue weighted by molar-refractivity contribution is 0.0126. The number of halogens is 1. The molecule has 1 heterocycles. The third-order valence-corrected chi connectivity index (χ3v) is 2.85. The van der Waals surface area contributed by atoms with E-state index in [9.17, 15) is 4.79 Å². The average Bonchev–Trinajstić information content (AvgIpc) is 2.30. The van der Waals surface area contributed by atoms with E-state index in [0.29, 0.717) is 18.8 Å². The monoisotopic (exact) mass is 284 g/mol. The topological polar surface area (TPSA) is 41.6 Å². The maximum Gasteiger partial charge on any atom is 0.265 e. The smallest absolute Gasteiger partial charge is 0.265 e. The highest BCUT2D eigenvalue weighted by molar-refractivity contribution is 9.10. The number of hydrazine groups is 1. The van der Waals surface area contributed by atoms with E-state index < -0.39 is 0 Å². The standard InChI is InChI=1S/C11H13BrN2O2/c12-10-3-1-2-9(8-10)11(15)13-14-4-6-16-7-5-14/h1-3,8H,4-7H2,(H,13,15). The molecule has 1 N–H and O–H groups in total. The molecule has 1 aromatic carbocycles. The van der Waals surface area contributed by atoms with E-state index in [-0.39, 0.29) is 5.91 Å². The number of hydrogen-bond donors (Lipinski definition) is 1. The normalized spacial score (nSPS) is 17.1. The van der Waals surface area contributed by atoms with Crippen molar-refractivity contribution in [2.24, 2.45) is 0 Å². The van der Waals surface area contributed by atoms with E-state index in [1.807, 2.05) is 17.1 Å². The Morgan fingerprint density at radius 1 is 1.38 bits per heavy atom. The molecule has 0 saturated carbocycles. The van der Waals surface area contributed by atoms with Crippen molar-refractivity contribution >= 4 is 21.8 Å². The van der Waals surface area contributed by atoms with Crippen LogP contribution in [0.15, 0.2) is 28.7 Å². The first-order chi connectivity index (χ1) is 7.75. The molecule has 0 atom stereocenters. The van der Waals surface area contributed by atoms with Crippen LogP contribution in [0.3, 0.4) is 0 Å². The molecule has 86 valence electrons. The van der Waals surface area contributed by atoms with Gasteiger partial charge in [-0.3, -0.25) is 10.2 Å². The van der Waals surface area contributed by atoms with Crippen molar-refractivity contribution in [3.05, 3.63) is 34.3 Å². The zero-order chi connectivity index (χ0) is 11.4. The van der Waals surface area contributed by atoms with Gasteiger partial charge >= 0.3 is 0 Å². The summed E-state index contributed by atoms with van der Waals surface area (Å²) >= 11 is 3.34. The maximum absolute atomic E-state index is 11.9. The lowest BCUT2D eigenvalue weighted by Crippen LogP contribution is -2.48. The average molecular weight is 285 g/mol. The molecule has 0 aromatic heterocycles. The Hall–Kier alpha value is -0.910. The second kappa shape index (κ2) is 5.43. The Kier molecular flexibility index (Phi) is 3.93. The molecule has 5 heteroatoms. The molecule has 0 radical (unpaired) electrons. The number of nitrogens with zero attached hydrogens (tertiary/aromatic N) is 1. The molecule has 4 nitrogen and oxygen atoms in total. The third-order valence-electron chi connectivity index (χ3n) is 2.36. The van der Waals surface area contributed by atoms with Gasteiger partial charge in [-0.1, -0.05) is 22.0 Å². The number of morpholine rings is 1. The summed E-state index contributed by atoms with van der Waals surface area (Å²) in [5.74, 6) is -0.0804. The van der Waals surface area contributed by atoms with Crippen LogP contribution in [0.1, 0.15) is 10.4 Å². The summed E-state index contributed by atoms with van der Waals surface area (Å²) in [5, 5.41) is 1.88. The summed E-state index contributed by atoms with van der Waals surface area (Å²) in [5.41, 5.74) is 3.51. The van der Waals surface area contributed by atoms with Gasteiger partial charge in [-0.15, -0.1) is 0 Å². The van der Waals surface area contributed by atoms with E-state index in [1.165, 1.54) is 0 Å². The van der Waals surface area contributed by atoms with Gasteiger partial charge in [0.25, 0.3) is 5.91 Å². The molecule has 1 aliphatic rings. The predicted octanol–water partition coefficient (Wildman–Crippen LogP) is 1.43. The van der Waals surface area contributed by atoms with E-state index in [4.69, 9.17) is 4.74 Å². The van der Waals surface area contributed by atoms with Crippen LogP contribution in [0.25, 0.3) is 0 Å². The SMILES string of the molecule is O=C(NN1CCOCC1)c1cccc(Br)c1. The molecule has 0 unspecified atom stereocenters. The van der Waals surface area contributed by atoms with Gasteiger partial charge in [-0.05, 0) is 18.2 Å². The highest BCUT2D eigenvalue weighted by Crippen LogP contribution is 2.11. The van der Waals surface area contributed by atoms with Gasteiger partial charge in [-0.25, -0.2) is 5.01 Å². The minimum Gasteiger partial charge on any atom is -0.379 e. The summed E-state index contributed by atoms with van der Waals surface area (Å²) in [4.78, 5) is 11.9. The minimum atomic E-state index is -0.0804. The van der Waals surface area contributed by atoms with Crippen LogP contribution in [0.4, 0.5) is 0 Å². The lowest BCUT2D eigenvalue weighted by Gasteiger charge is -2.26. The second-order valence-corrected chi connectivity index (χ2v) is 4.47. The number of hydrogen-bond acceptors (Lipinski definition) is 3. The van der Waals surface area contributed by atoms with Crippen LogP contribution in [0.2, 0.25) is 0 Å². The van der Waals surface area contributed by atoms with E-state index in [2.05, 4.69) is 21.4 Å². The first-order valence-electron chi connectivity index (χ1n) is 5.15. The summed E-state index contributed by atoms with van der Waals surface area (Å²) in [6.07, 6.45) is 0. The van der Waals surface area contributed by atoms with E-state index >= 15 is 0 Å². The van der Waals surface area contributed by atoms with Crippen molar-refractivity contribution in [3.8, 4) is 0 Å². The minimum absolute atomic E-state index is 0.0804. The Morgan fingerprint density at radius 2 is 2.12 bits per heavy atom. The van der Waals surface area contributed by atoms with Crippen LogP contribution >= 0.6 is 15.9 Å². The van der Waals surface area contributed by atoms with E-state index in [1.54, 1.807) is 12.1 Å².